The van der Waals surface area contributed by atoms with Crippen molar-refractivity contribution in [3.8, 4) is 0 Å². The van der Waals surface area contributed by atoms with Gasteiger partial charge < -0.3 is 48.1 Å². The van der Waals surface area contributed by atoms with Gasteiger partial charge in [0.05, 0.1) is 92.5 Å². The van der Waals surface area contributed by atoms with E-state index in [9.17, 15) is 4.79 Å². The van der Waals surface area contributed by atoms with E-state index in [0.29, 0.717) is 99.0 Å². The minimum atomic E-state index is -0.500. The highest BCUT2D eigenvalue weighted by Gasteiger charge is 2.19. The van der Waals surface area contributed by atoms with E-state index in [4.69, 9.17) is 37.9 Å². The van der Waals surface area contributed by atoms with Crippen LogP contribution in [-0.4, -0.2) is 136 Å². The van der Waals surface area contributed by atoms with Crippen molar-refractivity contribution < 1.29 is 42.7 Å². The Kier molecular flexibility index (Phi) is 22.9. The van der Waals surface area contributed by atoms with Crippen LogP contribution < -0.4 is 5.32 Å². The number of hydrogen-bond donors (Lipinski definition) is 1. The number of amides is 1. The lowest BCUT2D eigenvalue weighted by Crippen LogP contribution is -2.36. The third kappa shape index (κ3) is 25.6. The van der Waals surface area contributed by atoms with Crippen molar-refractivity contribution >= 4 is 6.09 Å². The summed E-state index contributed by atoms with van der Waals surface area (Å²) in [4.78, 5) is 13.3. The minimum absolute atomic E-state index is 0.358. The zero-order valence-corrected chi connectivity index (χ0v) is 21.9. The average molecular weight is 497 g/mol. The summed E-state index contributed by atoms with van der Waals surface area (Å²) in [5.74, 6) is 0. The second-order valence-electron chi connectivity index (χ2n) is 8.29. The molecule has 1 amide bonds. The second kappa shape index (κ2) is 23.7. The lowest BCUT2D eigenvalue weighted by molar-refractivity contribution is -0.0211. The van der Waals surface area contributed by atoms with Gasteiger partial charge >= 0.3 is 6.09 Å². The monoisotopic (exact) mass is 496 g/mol. The molecule has 0 unspecified atom stereocenters. The number of nitrogens with zero attached hydrogens (tertiary/aromatic N) is 1. The molecule has 0 bridgehead atoms. The van der Waals surface area contributed by atoms with Crippen molar-refractivity contribution in [2.24, 2.45) is 0 Å². The Morgan fingerprint density at radius 1 is 0.618 bits per heavy atom. The fraction of sp³-hybridized carbons (Fsp3) is 0.957. The highest BCUT2D eigenvalue weighted by molar-refractivity contribution is 5.67. The van der Waals surface area contributed by atoms with Crippen molar-refractivity contribution in [2.75, 3.05) is 120 Å². The van der Waals surface area contributed by atoms with Crippen molar-refractivity contribution in [1.82, 2.24) is 10.2 Å². The SMILES string of the molecule is CNCCOCCOCCOCCOCCOCCOCCOCCN(C)C(=O)OC(C)(C)C. The molecule has 0 rings (SSSR count). The van der Waals surface area contributed by atoms with Gasteiger partial charge in [-0.25, -0.2) is 4.79 Å². The molecule has 11 nitrogen and oxygen atoms in total. The maximum Gasteiger partial charge on any atom is 0.410 e. The highest BCUT2D eigenvalue weighted by Crippen LogP contribution is 2.08. The molecule has 0 aromatic carbocycles. The van der Waals surface area contributed by atoms with E-state index < -0.39 is 5.60 Å². The molecule has 0 fully saturated rings. The molecule has 0 heterocycles. The van der Waals surface area contributed by atoms with Crippen molar-refractivity contribution in [2.45, 2.75) is 26.4 Å². The van der Waals surface area contributed by atoms with E-state index >= 15 is 0 Å². The number of rotatable bonds is 24. The van der Waals surface area contributed by atoms with Crippen LogP contribution in [0.1, 0.15) is 20.8 Å². The van der Waals surface area contributed by atoms with Gasteiger partial charge in [-0.2, -0.15) is 0 Å². The van der Waals surface area contributed by atoms with Crippen LogP contribution in [0.15, 0.2) is 0 Å². The minimum Gasteiger partial charge on any atom is -0.444 e. The van der Waals surface area contributed by atoms with Gasteiger partial charge in [-0.05, 0) is 27.8 Å². The van der Waals surface area contributed by atoms with Crippen molar-refractivity contribution in [3.63, 3.8) is 0 Å². The third-order valence-corrected chi connectivity index (χ3v) is 4.00. The Hall–Kier alpha value is -1.05. The summed E-state index contributed by atoms with van der Waals surface area (Å²) in [5.41, 5.74) is -0.500. The van der Waals surface area contributed by atoms with Gasteiger partial charge in [-0.1, -0.05) is 0 Å². The standard InChI is InChI=1S/C23H48N2O9/c1-23(2,3)34-22(26)25(5)7-9-28-11-13-30-15-17-32-19-21-33-20-18-31-16-14-29-12-10-27-8-6-24-4/h24H,6-21H2,1-5H3. The Morgan fingerprint density at radius 3 is 1.26 bits per heavy atom. The molecular weight excluding hydrogens is 448 g/mol. The normalized spacial score (nSPS) is 11.7. The molecule has 0 aliphatic carbocycles. The Balaban J connectivity index is 3.18. The van der Waals surface area contributed by atoms with Crippen LogP contribution in [0.5, 0.6) is 0 Å². The molecule has 0 aromatic rings. The average Bonchev–Trinajstić information content (AvgIpc) is 2.78. The first-order valence-corrected chi connectivity index (χ1v) is 12.0. The van der Waals surface area contributed by atoms with Gasteiger partial charge in [0.25, 0.3) is 0 Å². The number of nitrogens with one attached hydrogen (secondary N) is 1. The first-order chi connectivity index (χ1) is 16.4. The molecule has 0 radical (unpaired) electrons. The molecule has 1 N–H and O–H groups in total. The predicted molar refractivity (Wildman–Crippen MR) is 129 cm³/mol. The second-order valence-corrected chi connectivity index (χ2v) is 8.29. The summed E-state index contributed by atoms with van der Waals surface area (Å²) in [6.45, 7) is 14.2. The first-order valence-electron chi connectivity index (χ1n) is 12.0. The number of hydrogen-bond acceptors (Lipinski definition) is 10. The quantitative estimate of drug-likeness (QED) is 0.196. The summed E-state index contributed by atoms with van der Waals surface area (Å²) in [6.07, 6.45) is -0.358. The highest BCUT2D eigenvalue weighted by atomic mass is 16.6. The van der Waals surface area contributed by atoms with Gasteiger partial charge in [0.1, 0.15) is 5.60 Å². The van der Waals surface area contributed by atoms with Crippen LogP contribution in [0.3, 0.4) is 0 Å². The fourth-order valence-corrected chi connectivity index (χ4v) is 2.23. The topological polar surface area (TPSA) is 106 Å². The van der Waals surface area contributed by atoms with E-state index in [0.717, 1.165) is 6.54 Å². The molecule has 0 saturated heterocycles. The molecule has 204 valence electrons. The molecule has 0 aromatic heterocycles. The van der Waals surface area contributed by atoms with Gasteiger partial charge in [-0.15, -0.1) is 0 Å². The van der Waals surface area contributed by atoms with Crippen molar-refractivity contribution in [1.29, 1.82) is 0 Å². The zero-order chi connectivity index (χ0) is 25.3. The van der Waals surface area contributed by atoms with Gasteiger partial charge in [-0.3, -0.25) is 0 Å². The van der Waals surface area contributed by atoms with Gasteiger partial charge in [0.15, 0.2) is 0 Å². The fourth-order valence-electron chi connectivity index (χ4n) is 2.23. The number of carbonyl (C=O) groups excluding carboxylic acids is 1. The van der Waals surface area contributed by atoms with E-state index in [1.807, 2.05) is 27.8 Å². The third-order valence-electron chi connectivity index (χ3n) is 4.00. The number of carbonyl (C=O) groups is 1. The maximum atomic E-state index is 11.8. The summed E-state index contributed by atoms with van der Waals surface area (Å²) in [7, 11) is 3.58. The Labute approximate surface area is 205 Å². The number of ether oxygens (including phenoxy) is 8. The van der Waals surface area contributed by atoms with E-state index in [1.165, 1.54) is 4.90 Å². The van der Waals surface area contributed by atoms with Crippen LogP contribution >= 0.6 is 0 Å². The molecule has 0 aliphatic rings. The summed E-state index contributed by atoms with van der Waals surface area (Å²) in [6, 6.07) is 0. The van der Waals surface area contributed by atoms with Gasteiger partial charge in [0.2, 0.25) is 0 Å². The lowest BCUT2D eigenvalue weighted by Gasteiger charge is -2.24. The molecule has 0 aliphatic heterocycles. The van der Waals surface area contributed by atoms with Crippen molar-refractivity contribution in [3.05, 3.63) is 0 Å². The Morgan fingerprint density at radius 2 is 0.941 bits per heavy atom. The molecule has 34 heavy (non-hydrogen) atoms. The van der Waals surface area contributed by atoms with E-state index in [2.05, 4.69) is 5.32 Å². The zero-order valence-electron chi connectivity index (χ0n) is 21.9. The molecular formula is C23H48N2O9. The molecule has 0 spiro atoms. The van der Waals surface area contributed by atoms with Crippen LogP contribution in [0, 0.1) is 0 Å². The largest absolute Gasteiger partial charge is 0.444 e. The lowest BCUT2D eigenvalue weighted by atomic mass is 10.2. The summed E-state index contributed by atoms with van der Waals surface area (Å²) in [5, 5.41) is 3.01. The molecule has 11 heteroatoms. The first kappa shape index (κ1) is 33.0. The predicted octanol–water partition coefficient (Wildman–Crippen LogP) is 1.19. The summed E-state index contributed by atoms with van der Waals surface area (Å²) >= 11 is 0. The van der Waals surface area contributed by atoms with Crippen LogP contribution in [0.25, 0.3) is 0 Å². The van der Waals surface area contributed by atoms with E-state index in [1.54, 1.807) is 7.05 Å². The Bertz CT molecular complexity index is 451. The summed E-state index contributed by atoms with van der Waals surface area (Å²) < 4.78 is 43.2. The van der Waals surface area contributed by atoms with Crippen LogP contribution in [-0.2, 0) is 37.9 Å². The van der Waals surface area contributed by atoms with Gasteiger partial charge in [0, 0.05) is 20.1 Å². The number of likely N-dealkylation sites (N-methyl/N-ethyl adjacent to an activating group) is 2. The maximum absolute atomic E-state index is 11.8. The smallest absolute Gasteiger partial charge is 0.410 e. The van der Waals surface area contributed by atoms with Crippen LogP contribution in [0.4, 0.5) is 4.79 Å². The van der Waals surface area contributed by atoms with Crippen LogP contribution in [0.2, 0.25) is 0 Å². The molecule has 0 atom stereocenters. The molecule has 0 saturated carbocycles. The van der Waals surface area contributed by atoms with E-state index in [-0.39, 0.29) is 6.09 Å².